The van der Waals surface area contributed by atoms with Gasteiger partial charge in [0.1, 0.15) is 0 Å². The predicted octanol–water partition coefficient (Wildman–Crippen LogP) is 6.72. The molecule has 2 unspecified atom stereocenters. The van der Waals surface area contributed by atoms with Crippen LogP contribution in [0.5, 0.6) is 0 Å². The highest BCUT2D eigenvalue weighted by molar-refractivity contribution is 6.28. The van der Waals surface area contributed by atoms with Crippen molar-refractivity contribution in [2.75, 3.05) is 5.32 Å². The number of anilines is 1. The third-order valence-corrected chi connectivity index (χ3v) is 5.46. The van der Waals surface area contributed by atoms with E-state index < -0.39 is 10.8 Å². The number of nitrogens with one attached hydrogen (secondary N) is 1. The van der Waals surface area contributed by atoms with E-state index in [0.717, 1.165) is 16.9 Å². The Morgan fingerprint density at radius 3 is 2.24 bits per heavy atom. The number of hydrogen-bond donors (Lipinski definition) is 1. The third-order valence-electron chi connectivity index (χ3n) is 5.11. The van der Waals surface area contributed by atoms with E-state index in [0.29, 0.717) is 5.56 Å². The van der Waals surface area contributed by atoms with Crippen LogP contribution in [0.15, 0.2) is 109 Å². The lowest BCUT2D eigenvalue weighted by molar-refractivity contribution is 0.0932. The van der Waals surface area contributed by atoms with E-state index in [1.807, 2.05) is 85.8 Å². The summed E-state index contributed by atoms with van der Waals surface area (Å²) in [6, 6.07) is 27.8. The predicted molar refractivity (Wildman–Crippen MR) is 121 cm³/mol. The van der Waals surface area contributed by atoms with Crippen LogP contribution in [-0.2, 0) is 0 Å². The number of carbonyl (C=O) groups excluding carboxylic acids is 1. The van der Waals surface area contributed by atoms with Gasteiger partial charge in [0.25, 0.3) is 0 Å². The molecule has 4 rings (SSSR count). The van der Waals surface area contributed by atoms with Gasteiger partial charge in [-0.15, -0.1) is 11.6 Å². The molecule has 0 radical (unpaired) electrons. The van der Waals surface area contributed by atoms with E-state index in [4.69, 9.17) is 11.6 Å². The molecule has 1 aliphatic rings. The first-order valence-electron chi connectivity index (χ1n) is 9.65. The van der Waals surface area contributed by atoms with Gasteiger partial charge in [-0.05, 0) is 42.3 Å². The van der Waals surface area contributed by atoms with Crippen molar-refractivity contribution in [3.8, 4) is 11.1 Å². The summed E-state index contributed by atoms with van der Waals surface area (Å²) < 4.78 is 0. The average Bonchev–Trinajstić information content (AvgIpc) is 2.74. The van der Waals surface area contributed by atoms with E-state index in [1.54, 1.807) is 0 Å². The van der Waals surface area contributed by atoms with Gasteiger partial charge in [0, 0.05) is 16.9 Å². The molecule has 0 spiro atoms. The van der Waals surface area contributed by atoms with Gasteiger partial charge >= 0.3 is 0 Å². The fourth-order valence-corrected chi connectivity index (χ4v) is 3.90. The number of hydrogen-bond acceptors (Lipinski definition) is 2. The molecule has 0 aliphatic heterocycles. The summed E-state index contributed by atoms with van der Waals surface area (Å²) in [7, 11) is 0. The highest BCUT2D eigenvalue weighted by Gasteiger charge is 2.36. The maximum Gasteiger partial charge on any atom is 0.171 e. The van der Waals surface area contributed by atoms with Gasteiger partial charge in [-0.1, -0.05) is 78.9 Å². The van der Waals surface area contributed by atoms with Crippen molar-refractivity contribution >= 4 is 23.1 Å². The largest absolute Gasteiger partial charge is 0.356 e. The number of Topliss-reactive ketones (excluding diaryl/α,β-unsaturated/α-hetero) is 1. The second-order valence-electron chi connectivity index (χ2n) is 7.39. The average molecular weight is 400 g/mol. The Labute approximate surface area is 176 Å². The molecule has 144 valence electrons. The molecule has 1 aliphatic carbocycles. The second kappa shape index (κ2) is 8.10. The van der Waals surface area contributed by atoms with Crippen LogP contribution in [-0.4, -0.2) is 10.7 Å². The number of ketones is 1. The maximum absolute atomic E-state index is 12.9. The zero-order valence-electron chi connectivity index (χ0n) is 16.2. The van der Waals surface area contributed by atoms with Crippen LogP contribution in [0.4, 0.5) is 5.69 Å². The fraction of sp³-hybridized carbons (Fsp3) is 0.115. The number of halogens is 1. The van der Waals surface area contributed by atoms with Crippen molar-refractivity contribution in [3.63, 3.8) is 0 Å². The van der Waals surface area contributed by atoms with E-state index in [1.165, 1.54) is 5.56 Å². The van der Waals surface area contributed by atoms with Crippen molar-refractivity contribution < 1.29 is 4.79 Å². The Hall–Kier alpha value is -3.10. The van der Waals surface area contributed by atoms with E-state index in [-0.39, 0.29) is 5.78 Å². The summed E-state index contributed by atoms with van der Waals surface area (Å²) in [5.41, 5.74) is 4.84. The van der Waals surface area contributed by atoms with Crippen LogP contribution in [0, 0.1) is 5.92 Å². The van der Waals surface area contributed by atoms with Crippen molar-refractivity contribution in [1.82, 2.24) is 0 Å². The Balaban J connectivity index is 1.54. The highest BCUT2D eigenvalue weighted by Crippen LogP contribution is 2.36. The number of rotatable bonds is 5. The summed E-state index contributed by atoms with van der Waals surface area (Å²) in [5.74, 6) is -0.381. The molecule has 2 nitrogen and oxygen atoms in total. The topological polar surface area (TPSA) is 29.1 Å². The van der Waals surface area contributed by atoms with E-state index in [2.05, 4.69) is 29.6 Å². The standard InChI is InChI=1S/C26H22ClNO/c1-26(27)18-23(15-16-24(26)25(29)20-11-6-3-7-12-20)28-22-14-8-13-21(17-22)19-9-4-2-5-10-19/h2-18,24,28H,1H3. The molecule has 3 aromatic carbocycles. The molecule has 0 saturated carbocycles. The summed E-state index contributed by atoms with van der Waals surface area (Å²) in [4.78, 5) is 12.1. The number of carbonyl (C=O) groups is 1. The van der Waals surface area contributed by atoms with Crippen LogP contribution < -0.4 is 5.32 Å². The zero-order valence-corrected chi connectivity index (χ0v) is 16.9. The lowest BCUT2D eigenvalue weighted by Gasteiger charge is -2.30. The molecule has 3 aromatic rings. The van der Waals surface area contributed by atoms with Gasteiger partial charge in [-0.3, -0.25) is 4.79 Å². The zero-order chi connectivity index (χ0) is 20.3. The van der Waals surface area contributed by atoms with Gasteiger partial charge in [-0.25, -0.2) is 0 Å². The molecule has 0 bridgehead atoms. The molecular formula is C26H22ClNO. The van der Waals surface area contributed by atoms with Crippen molar-refractivity contribution in [2.45, 2.75) is 11.8 Å². The molecule has 0 heterocycles. The van der Waals surface area contributed by atoms with Gasteiger partial charge in [0.05, 0.1) is 10.8 Å². The van der Waals surface area contributed by atoms with Crippen LogP contribution in [0.2, 0.25) is 0 Å². The monoisotopic (exact) mass is 399 g/mol. The molecule has 2 atom stereocenters. The molecule has 3 heteroatoms. The summed E-state index contributed by atoms with van der Waals surface area (Å²) in [6.07, 6.45) is 5.76. The molecule has 1 N–H and O–H groups in total. The summed E-state index contributed by atoms with van der Waals surface area (Å²) in [6.45, 7) is 1.88. The number of alkyl halides is 1. The van der Waals surface area contributed by atoms with Crippen LogP contribution in [0.1, 0.15) is 17.3 Å². The minimum atomic E-state index is -0.805. The SMILES string of the molecule is CC1(Cl)C=C(Nc2cccc(-c3ccccc3)c2)C=CC1C(=O)c1ccccc1. The quantitative estimate of drug-likeness (QED) is 0.381. The lowest BCUT2D eigenvalue weighted by atomic mass is 9.82. The first-order valence-corrected chi connectivity index (χ1v) is 10.0. The smallest absolute Gasteiger partial charge is 0.171 e. The van der Waals surface area contributed by atoms with Gasteiger partial charge in [0.2, 0.25) is 0 Å². The van der Waals surface area contributed by atoms with Gasteiger partial charge < -0.3 is 5.32 Å². The number of benzene rings is 3. The lowest BCUT2D eigenvalue weighted by Crippen LogP contribution is -2.34. The van der Waals surface area contributed by atoms with Crippen LogP contribution in [0.3, 0.4) is 0 Å². The van der Waals surface area contributed by atoms with Crippen LogP contribution in [0.25, 0.3) is 11.1 Å². The molecule has 0 fully saturated rings. The van der Waals surface area contributed by atoms with Crippen molar-refractivity contribution in [3.05, 3.63) is 114 Å². The third kappa shape index (κ3) is 4.33. The summed E-state index contributed by atoms with van der Waals surface area (Å²) in [5, 5.41) is 3.42. The molecule has 29 heavy (non-hydrogen) atoms. The van der Waals surface area contributed by atoms with Crippen molar-refractivity contribution in [1.29, 1.82) is 0 Å². The number of allylic oxidation sites excluding steroid dienone is 3. The first-order chi connectivity index (χ1) is 14.0. The second-order valence-corrected chi connectivity index (χ2v) is 8.20. The van der Waals surface area contributed by atoms with E-state index >= 15 is 0 Å². The van der Waals surface area contributed by atoms with Crippen molar-refractivity contribution in [2.24, 2.45) is 5.92 Å². The molecule has 0 aromatic heterocycles. The Kier molecular flexibility index (Phi) is 5.37. The van der Waals surface area contributed by atoms with Gasteiger partial charge in [-0.2, -0.15) is 0 Å². The molecule has 0 amide bonds. The highest BCUT2D eigenvalue weighted by atomic mass is 35.5. The summed E-state index contributed by atoms with van der Waals surface area (Å²) >= 11 is 6.78. The fourth-order valence-electron chi connectivity index (χ4n) is 3.61. The Morgan fingerprint density at radius 2 is 1.55 bits per heavy atom. The minimum Gasteiger partial charge on any atom is -0.356 e. The Bertz CT molecular complexity index is 1070. The van der Waals surface area contributed by atoms with E-state index in [9.17, 15) is 4.79 Å². The van der Waals surface area contributed by atoms with Gasteiger partial charge in [0.15, 0.2) is 5.78 Å². The first kappa shape index (κ1) is 19.2. The maximum atomic E-state index is 12.9. The minimum absolute atomic E-state index is 0.0284. The van der Waals surface area contributed by atoms with Crippen LogP contribution >= 0.6 is 11.6 Å². The molecular weight excluding hydrogens is 378 g/mol. The Morgan fingerprint density at radius 1 is 0.897 bits per heavy atom. The molecule has 0 saturated heterocycles. The normalized spacial score (nSPS) is 20.8.